The topological polar surface area (TPSA) is 94.9 Å². The van der Waals surface area contributed by atoms with E-state index in [0.717, 1.165) is 22.5 Å². The molecular weight excluding hydrogens is 513 g/mol. The van der Waals surface area contributed by atoms with Crippen LogP contribution in [0.2, 0.25) is 0 Å². The molecule has 0 saturated heterocycles. The van der Waals surface area contributed by atoms with Crippen molar-refractivity contribution in [3.8, 4) is 0 Å². The zero-order valence-electron chi connectivity index (χ0n) is 21.6. The van der Waals surface area contributed by atoms with E-state index < -0.39 is 45.0 Å². The molecule has 0 N–H and O–H groups in total. The predicted octanol–water partition coefficient (Wildman–Crippen LogP) is 4.62. The zero-order chi connectivity index (χ0) is 28.0. The number of rotatable bonds is 13. The van der Waals surface area contributed by atoms with Gasteiger partial charge in [-0.3, -0.25) is 4.79 Å². The van der Waals surface area contributed by atoms with Crippen molar-refractivity contribution in [2.45, 2.75) is 58.7 Å². The number of ether oxygens (including phenoxy) is 2. The van der Waals surface area contributed by atoms with Crippen LogP contribution in [0.4, 0.5) is 13.2 Å². The lowest BCUT2D eigenvalue weighted by Gasteiger charge is -2.22. The van der Waals surface area contributed by atoms with Crippen molar-refractivity contribution in [1.29, 1.82) is 0 Å². The summed E-state index contributed by atoms with van der Waals surface area (Å²) < 4.78 is 79.4. The number of aromatic nitrogens is 1. The Balaban J connectivity index is 2.51. The maximum atomic E-state index is 13.5. The van der Waals surface area contributed by atoms with Gasteiger partial charge >= 0.3 is 12.1 Å². The predicted molar refractivity (Wildman–Crippen MR) is 131 cm³/mol. The molecule has 0 spiro atoms. The molecule has 12 heteroatoms. The molecule has 0 atom stereocenters. The Bertz CT molecular complexity index is 1220. The number of carbonyl (C=O) groups is 2. The van der Waals surface area contributed by atoms with E-state index in [1.807, 2.05) is 0 Å². The number of hydrogen-bond acceptors (Lipinski definition) is 6. The number of sulfonamides is 1. The van der Waals surface area contributed by atoms with E-state index in [9.17, 15) is 31.2 Å². The molecule has 0 bridgehead atoms. The third-order valence-corrected chi connectivity index (χ3v) is 7.69. The summed E-state index contributed by atoms with van der Waals surface area (Å²) in [5.74, 6) is -1.19. The van der Waals surface area contributed by atoms with E-state index in [4.69, 9.17) is 9.47 Å². The number of halogens is 3. The molecule has 0 unspecified atom stereocenters. The minimum atomic E-state index is -4.73. The second-order valence-corrected chi connectivity index (χ2v) is 10.2. The quantitative estimate of drug-likeness (QED) is 0.207. The van der Waals surface area contributed by atoms with Gasteiger partial charge in [0, 0.05) is 37.6 Å². The molecule has 1 aromatic heterocycles. The fraction of sp³-hybridized carbons (Fsp3) is 0.520. The first-order chi connectivity index (χ1) is 17.3. The van der Waals surface area contributed by atoms with Crippen molar-refractivity contribution in [3.05, 3.63) is 52.3 Å². The first-order valence-electron chi connectivity index (χ1n) is 12.0. The van der Waals surface area contributed by atoms with Gasteiger partial charge in [0.05, 0.1) is 23.6 Å². The Morgan fingerprint density at radius 1 is 1.08 bits per heavy atom. The molecule has 2 rings (SSSR count). The van der Waals surface area contributed by atoms with Gasteiger partial charge in [0.1, 0.15) is 5.69 Å². The fourth-order valence-corrected chi connectivity index (χ4v) is 5.64. The second kappa shape index (κ2) is 12.7. The average molecular weight is 547 g/mol. The van der Waals surface area contributed by atoms with E-state index in [-0.39, 0.29) is 37.4 Å². The summed E-state index contributed by atoms with van der Waals surface area (Å²) in [4.78, 5) is 25.4. The molecule has 37 heavy (non-hydrogen) atoms. The SMILES string of the molecule is CCOCCCN(CC(=O)c1c(C)c(C(=O)OCC)n(CC)c1C)S(=O)(=O)c1cccc(C(F)(F)F)c1. The summed E-state index contributed by atoms with van der Waals surface area (Å²) in [5.41, 5.74) is 0.0973. The first-order valence-corrected chi connectivity index (χ1v) is 13.4. The Morgan fingerprint density at radius 2 is 1.76 bits per heavy atom. The molecule has 0 aliphatic rings. The smallest absolute Gasteiger partial charge is 0.416 e. The summed E-state index contributed by atoms with van der Waals surface area (Å²) in [6.07, 6.45) is -4.51. The lowest BCUT2D eigenvalue weighted by molar-refractivity contribution is -0.137. The van der Waals surface area contributed by atoms with Crippen molar-refractivity contribution in [2.75, 3.05) is 32.9 Å². The Hall–Kier alpha value is -2.70. The van der Waals surface area contributed by atoms with Crippen molar-refractivity contribution in [3.63, 3.8) is 0 Å². The number of Topliss-reactive ketones (excluding diaryl/α,β-unsaturated/α-hetero) is 1. The molecule has 2 aromatic rings. The second-order valence-electron chi connectivity index (χ2n) is 8.24. The molecule has 0 aliphatic heterocycles. The van der Waals surface area contributed by atoms with Gasteiger partial charge in [-0.15, -0.1) is 0 Å². The Morgan fingerprint density at radius 3 is 2.32 bits per heavy atom. The summed E-state index contributed by atoms with van der Waals surface area (Å²) in [6.45, 7) is 8.79. The average Bonchev–Trinajstić information content (AvgIpc) is 3.09. The highest BCUT2D eigenvalue weighted by molar-refractivity contribution is 7.89. The van der Waals surface area contributed by atoms with Crippen molar-refractivity contribution in [1.82, 2.24) is 8.87 Å². The minimum absolute atomic E-state index is 0.137. The van der Waals surface area contributed by atoms with Gasteiger partial charge in [0.2, 0.25) is 10.0 Å². The van der Waals surface area contributed by atoms with Crippen LogP contribution >= 0.6 is 0 Å². The Kier molecular flexibility index (Phi) is 10.5. The van der Waals surface area contributed by atoms with Crippen LogP contribution in [0.1, 0.15) is 64.9 Å². The Labute approximate surface area is 215 Å². The molecule has 206 valence electrons. The molecule has 0 saturated carbocycles. The number of benzene rings is 1. The van der Waals surface area contributed by atoms with Crippen LogP contribution in [-0.4, -0.2) is 62.0 Å². The van der Waals surface area contributed by atoms with Gasteiger partial charge in [-0.25, -0.2) is 13.2 Å². The van der Waals surface area contributed by atoms with Crippen LogP contribution in [0.25, 0.3) is 0 Å². The van der Waals surface area contributed by atoms with Gasteiger partial charge < -0.3 is 14.0 Å². The molecule has 1 aromatic carbocycles. The van der Waals surface area contributed by atoms with Crippen LogP contribution < -0.4 is 0 Å². The van der Waals surface area contributed by atoms with E-state index in [1.54, 1.807) is 39.2 Å². The number of esters is 1. The summed E-state index contributed by atoms with van der Waals surface area (Å²) >= 11 is 0. The standard InChI is InChI=1S/C25H33F3N2O6S/c1-6-30-18(5)22(17(4)23(30)24(32)36-8-3)21(31)16-29(13-10-14-35-7-2)37(33,34)20-12-9-11-19(15-20)25(26,27)28/h9,11-12,15H,6-8,10,13-14,16H2,1-5H3. The van der Waals surface area contributed by atoms with Crippen molar-refractivity contribution < 1.29 is 40.7 Å². The lowest BCUT2D eigenvalue weighted by atomic mass is 10.1. The molecule has 0 radical (unpaired) electrons. The summed E-state index contributed by atoms with van der Waals surface area (Å²) in [7, 11) is -4.48. The van der Waals surface area contributed by atoms with Crippen molar-refractivity contribution in [2.24, 2.45) is 0 Å². The fourth-order valence-electron chi connectivity index (χ4n) is 4.16. The molecule has 1 heterocycles. The number of carbonyl (C=O) groups excluding carboxylic acids is 2. The van der Waals surface area contributed by atoms with E-state index in [1.165, 1.54) is 0 Å². The zero-order valence-corrected chi connectivity index (χ0v) is 22.5. The van der Waals surface area contributed by atoms with Crippen LogP contribution in [0.15, 0.2) is 29.2 Å². The molecule has 0 amide bonds. The minimum Gasteiger partial charge on any atom is -0.461 e. The molecular formula is C25H33F3N2O6S. The molecule has 8 nitrogen and oxygen atoms in total. The third kappa shape index (κ3) is 6.99. The van der Waals surface area contributed by atoms with Crippen LogP contribution in [0.5, 0.6) is 0 Å². The van der Waals surface area contributed by atoms with Crippen LogP contribution in [0, 0.1) is 13.8 Å². The van der Waals surface area contributed by atoms with E-state index in [2.05, 4.69) is 0 Å². The van der Waals surface area contributed by atoms with Gasteiger partial charge in [0.25, 0.3) is 0 Å². The first kappa shape index (κ1) is 30.5. The number of nitrogens with zero attached hydrogens (tertiary/aromatic N) is 2. The molecule has 0 fully saturated rings. The summed E-state index contributed by atoms with van der Waals surface area (Å²) in [6, 6.07) is 3.41. The van der Waals surface area contributed by atoms with Gasteiger partial charge in [-0.05, 0) is 64.8 Å². The number of alkyl halides is 3. The third-order valence-electron chi connectivity index (χ3n) is 5.85. The van der Waals surface area contributed by atoms with Crippen LogP contribution in [0.3, 0.4) is 0 Å². The largest absolute Gasteiger partial charge is 0.461 e. The number of hydrogen-bond donors (Lipinski definition) is 0. The maximum Gasteiger partial charge on any atom is 0.416 e. The highest BCUT2D eigenvalue weighted by Gasteiger charge is 2.34. The van der Waals surface area contributed by atoms with Gasteiger partial charge in [-0.1, -0.05) is 6.07 Å². The van der Waals surface area contributed by atoms with E-state index >= 15 is 0 Å². The highest BCUT2D eigenvalue weighted by atomic mass is 32.2. The summed E-state index contributed by atoms with van der Waals surface area (Å²) in [5, 5.41) is 0. The highest BCUT2D eigenvalue weighted by Crippen LogP contribution is 2.31. The normalized spacial score (nSPS) is 12.2. The van der Waals surface area contributed by atoms with Crippen molar-refractivity contribution >= 4 is 21.8 Å². The van der Waals surface area contributed by atoms with Gasteiger partial charge in [0.15, 0.2) is 5.78 Å². The lowest BCUT2D eigenvalue weighted by Crippen LogP contribution is -2.37. The number of ketones is 1. The van der Waals surface area contributed by atoms with E-state index in [0.29, 0.717) is 30.5 Å². The maximum absolute atomic E-state index is 13.5. The monoisotopic (exact) mass is 546 g/mol. The molecule has 0 aliphatic carbocycles. The van der Waals surface area contributed by atoms with Crippen LogP contribution in [-0.2, 0) is 32.2 Å². The van der Waals surface area contributed by atoms with Gasteiger partial charge in [-0.2, -0.15) is 17.5 Å².